The van der Waals surface area contributed by atoms with Crippen molar-refractivity contribution >= 4 is 17.9 Å². The lowest BCUT2D eigenvalue weighted by Crippen LogP contribution is -2.30. The molecule has 6 heteroatoms. The van der Waals surface area contributed by atoms with Gasteiger partial charge in [0.25, 0.3) is 0 Å². The van der Waals surface area contributed by atoms with Crippen LogP contribution >= 0.6 is 0 Å². The number of ether oxygens (including phenoxy) is 3. The number of carbonyl (C=O) groups excluding carboxylic acids is 3. The van der Waals surface area contributed by atoms with Crippen LogP contribution in [-0.4, -0.2) is 37.2 Å². The van der Waals surface area contributed by atoms with Crippen LogP contribution in [0.15, 0.2) is 0 Å². The highest BCUT2D eigenvalue weighted by Crippen LogP contribution is 2.20. The fourth-order valence-electron chi connectivity index (χ4n) is 12.3. The number of carbonyl (C=O) groups is 3. The van der Waals surface area contributed by atoms with E-state index in [1.807, 2.05) is 0 Å². The maximum atomic E-state index is 13.0. The number of rotatable bonds is 73. The van der Waals surface area contributed by atoms with E-state index in [4.69, 9.17) is 14.2 Å². The Hall–Kier alpha value is -1.59. The maximum absolute atomic E-state index is 13.0. The van der Waals surface area contributed by atoms with Crippen molar-refractivity contribution in [2.45, 2.75) is 463 Å². The summed E-state index contributed by atoms with van der Waals surface area (Å²) in [5.74, 6) is -0.812. The second-order valence-corrected chi connectivity index (χ2v) is 26.6. The minimum Gasteiger partial charge on any atom is -0.462 e. The Morgan fingerprint density at radius 2 is 0.325 bits per heavy atom. The molecular weight excluding hydrogens is 1020 g/mol. The fourth-order valence-corrected chi connectivity index (χ4v) is 12.3. The Labute approximate surface area is 520 Å². The number of hydrogen-bond acceptors (Lipinski definition) is 6. The molecule has 0 bridgehead atoms. The average Bonchev–Trinajstić information content (AvgIpc) is 3.49. The van der Waals surface area contributed by atoms with Crippen molar-refractivity contribution in [2.24, 2.45) is 0 Å². The molecule has 0 radical (unpaired) electrons. The van der Waals surface area contributed by atoms with Crippen LogP contribution in [0.25, 0.3) is 0 Å². The molecule has 0 heterocycles. The monoisotopic (exact) mass is 1170 g/mol. The van der Waals surface area contributed by atoms with E-state index < -0.39 is 6.10 Å². The number of unbranched alkanes of at least 4 members (excludes halogenated alkanes) is 62. The first-order valence-electron chi connectivity index (χ1n) is 38.5. The molecule has 1 atom stereocenters. The second kappa shape index (κ2) is 72.9. The van der Waals surface area contributed by atoms with E-state index >= 15 is 0 Å². The van der Waals surface area contributed by atoms with Crippen molar-refractivity contribution in [3.05, 3.63) is 0 Å². The van der Waals surface area contributed by atoms with Crippen LogP contribution in [0.2, 0.25) is 0 Å². The Morgan fingerprint density at radius 1 is 0.193 bits per heavy atom. The molecule has 0 aromatic heterocycles. The third-order valence-electron chi connectivity index (χ3n) is 18.1. The molecule has 0 saturated heterocycles. The van der Waals surface area contributed by atoms with Gasteiger partial charge in [0.05, 0.1) is 0 Å². The predicted molar refractivity (Wildman–Crippen MR) is 363 cm³/mol. The van der Waals surface area contributed by atoms with Gasteiger partial charge in [-0.3, -0.25) is 14.4 Å². The van der Waals surface area contributed by atoms with Gasteiger partial charge < -0.3 is 14.2 Å². The van der Waals surface area contributed by atoms with E-state index in [-0.39, 0.29) is 31.1 Å². The van der Waals surface area contributed by atoms with E-state index in [0.29, 0.717) is 19.3 Å². The molecule has 0 aliphatic heterocycles. The molecule has 0 aromatic carbocycles. The topological polar surface area (TPSA) is 78.9 Å². The fraction of sp³-hybridized carbons (Fsp3) is 0.961. The lowest BCUT2D eigenvalue weighted by molar-refractivity contribution is -0.167. The minimum atomic E-state index is -0.764. The molecule has 0 saturated carbocycles. The molecule has 0 rings (SSSR count). The van der Waals surface area contributed by atoms with Crippen molar-refractivity contribution in [3.63, 3.8) is 0 Å². The molecular formula is C77H150O6. The molecule has 0 aromatic rings. The van der Waals surface area contributed by atoms with Crippen LogP contribution in [0.4, 0.5) is 0 Å². The smallest absolute Gasteiger partial charge is 0.306 e. The molecule has 0 spiro atoms. The van der Waals surface area contributed by atoms with Crippen molar-refractivity contribution in [3.8, 4) is 0 Å². The highest BCUT2D eigenvalue weighted by molar-refractivity contribution is 5.71. The second-order valence-electron chi connectivity index (χ2n) is 26.6. The number of esters is 3. The first-order chi connectivity index (χ1) is 41.0. The SMILES string of the molecule is CCCCCCCCCCCCCCCCCCCCCCCCC(=O)OCC(COC(=O)CCCCCCCCCCCCCCCCCCCCCCC)OC(=O)CCCCCCCCCCCCCCCCCCCCCCCC. The Bertz CT molecular complexity index is 1250. The molecule has 0 amide bonds. The summed E-state index contributed by atoms with van der Waals surface area (Å²) in [7, 11) is 0. The summed E-state index contributed by atoms with van der Waals surface area (Å²) in [4.78, 5) is 38.6. The zero-order chi connectivity index (χ0) is 59.9. The summed E-state index contributed by atoms with van der Waals surface area (Å²) in [5.41, 5.74) is 0. The Balaban J connectivity index is 4.26. The maximum Gasteiger partial charge on any atom is 0.306 e. The molecule has 0 N–H and O–H groups in total. The van der Waals surface area contributed by atoms with Gasteiger partial charge in [-0.1, -0.05) is 419 Å². The Kier molecular flexibility index (Phi) is 71.5. The third kappa shape index (κ3) is 71.1. The predicted octanol–water partition coefficient (Wildman–Crippen LogP) is 26.6. The first kappa shape index (κ1) is 81.4. The highest BCUT2D eigenvalue weighted by Gasteiger charge is 2.20. The van der Waals surface area contributed by atoms with Crippen LogP contribution in [0.3, 0.4) is 0 Å². The molecule has 0 fully saturated rings. The van der Waals surface area contributed by atoms with E-state index in [1.165, 1.54) is 360 Å². The summed E-state index contributed by atoms with van der Waals surface area (Å²) < 4.78 is 17.1. The molecule has 83 heavy (non-hydrogen) atoms. The lowest BCUT2D eigenvalue weighted by atomic mass is 10.0. The van der Waals surface area contributed by atoms with Crippen LogP contribution in [0, 0.1) is 0 Å². The molecule has 494 valence electrons. The zero-order valence-corrected chi connectivity index (χ0v) is 57.0. The van der Waals surface area contributed by atoms with Gasteiger partial charge in [-0.15, -0.1) is 0 Å². The standard InChI is InChI=1S/C77H150O6/c1-4-7-10-13-16-19-22-25-28-31-34-37-40-43-46-49-52-55-58-61-64-67-70-76(79)82-73-74(72-81-75(78)69-66-63-60-57-54-51-48-45-42-39-36-33-30-27-24-21-18-15-12-9-6-3)83-77(80)71-68-65-62-59-56-53-50-47-44-41-38-35-32-29-26-23-20-17-14-11-8-5-2/h74H,4-73H2,1-3H3. The van der Waals surface area contributed by atoms with Gasteiger partial charge in [0.2, 0.25) is 0 Å². The third-order valence-corrected chi connectivity index (χ3v) is 18.1. The summed E-state index contributed by atoms with van der Waals surface area (Å²) >= 11 is 0. The van der Waals surface area contributed by atoms with E-state index in [1.54, 1.807) is 0 Å². The van der Waals surface area contributed by atoms with Crippen molar-refractivity contribution in [2.75, 3.05) is 13.2 Å². The normalized spacial score (nSPS) is 11.9. The first-order valence-corrected chi connectivity index (χ1v) is 38.5. The molecule has 0 aliphatic carbocycles. The zero-order valence-electron chi connectivity index (χ0n) is 57.0. The van der Waals surface area contributed by atoms with Gasteiger partial charge in [0.15, 0.2) is 6.10 Å². The largest absolute Gasteiger partial charge is 0.462 e. The molecule has 6 nitrogen and oxygen atoms in total. The van der Waals surface area contributed by atoms with Gasteiger partial charge in [0.1, 0.15) is 13.2 Å². The number of hydrogen-bond donors (Lipinski definition) is 0. The molecule has 0 aliphatic rings. The summed E-state index contributed by atoms with van der Waals surface area (Å²) in [5, 5.41) is 0. The average molecular weight is 1170 g/mol. The quantitative estimate of drug-likeness (QED) is 0.0343. The van der Waals surface area contributed by atoms with Crippen molar-refractivity contribution in [1.82, 2.24) is 0 Å². The van der Waals surface area contributed by atoms with Crippen LogP contribution in [0.1, 0.15) is 457 Å². The summed E-state index contributed by atoms with van der Waals surface area (Å²) in [6, 6.07) is 0. The highest BCUT2D eigenvalue weighted by atomic mass is 16.6. The van der Waals surface area contributed by atoms with Gasteiger partial charge in [-0.2, -0.15) is 0 Å². The van der Waals surface area contributed by atoms with Crippen molar-refractivity contribution in [1.29, 1.82) is 0 Å². The van der Waals surface area contributed by atoms with E-state index in [9.17, 15) is 14.4 Å². The minimum absolute atomic E-state index is 0.0596. The van der Waals surface area contributed by atoms with Gasteiger partial charge in [-0.25, -0.2) is 0 Å². The van der Waals surface area contributed by atoms with Gasteiger partial charge >= 0.3 is 17.9 Å². The Morgan fingerprint density at radius 3 is 0.482 bits per heavy atom. The van der Waals surface area contributed by atoms with Crippen molar-refractivity contribution < 1.29 is 28.6 Å². The van der Waals surface area contributed by atoms with Gasteiger partial charge in [-0.05, 0) is 19.3 Å². The lowest BCUT2D eigenvalue weighted by Gasteiger charge is -2.18. The van der Waals surface area contributed by atoms with Crippen LogP contribution < -0.4 is 0 Å². The van der Waals surface area contributed by atoms with Gasteiger partial charge in [0, 0.05) is 19.3 Å². The molecule has 1 unspecified atom stereocenters. The van der Waals surface area contributed by atoms with E-state index in [2.05, 4.69) is 20.8 Å². The summed E-state index contributed by atoms with van der Waals surface area (Å²) in [6.07, 6.45) is 87.2. The van der Waals surface area contributed by atoms with Crippen LogP contribution in [0.5, 0.6) is 0 Å². The summed E-state index contributed by atoms with van der Waals surface area (Å²) in [6.45, 7) is 6.77. The van der Waals surface area contributed by atoms with Crippen LogP contribution in [-0.2, 0) is 28.6 Å². The van der Waals surface area contributed by atoms with E-state index in [0.717, 1.165) is 57.8 Å².